The third-order valence-electron chi connectivity index (χ3n) is 4.43. The molecule has 2 rings (SSSR count). The Bertz CT molecular complexity index is 464. The van der Waals surface area contributed by atoms with Crippen LogP contribution in [0.5, 0.6) is 0 Å². The third-order valence-corrected chi connectivity index (χ3v) is 4.51. The molecule has 104 valence electrons. The number of hydrogen-bond donors (Lipinski definition) is 0. The lowest BCUT2D eigenvalue weighted by atomic mass is 9.95. The zero-order valence-electron chi connectivity index (χ0n) is 11.9. The van der Waals surface area contributed by atoms with E-state index >= 15 is 0 Å². The Morgan fingerprint density at radius 1 is 1.37 bits per heavy atom. The van der Waals surface area contributed by atoms with Crippen molar-refractivity contribution in [1.82, 2.24) is 0 Å². The molecule has 0 radical (unpaired) electrons. The minimum absolute atomic E-state index is 0.0254. The number of carbonyl (C=O) groups is 1. The Labute approximate surface area is 120 Å². The average molecular weight is 281 g/mol. The molecule has 1 aliphatic carbocycles. The highest BCUT2D eigenvalue weighted by atomic mass is 35.5. The van der Waals surface area contributed by atoms with E-state index < -0.39 is 5.43 Å². The predicted molar refractivity (Wildman–Crippen MR) is 77.8 cm³/mol. The van der Waals surface area contributed by atoms with Gasteiger partial charge in [-0.3, -0.25) is 0 Å². The number of rotatable bonds is 4. The first-order valence-corrected chi connectivity index (χ1v) is 7.21. The van der Waals surface area contributed by atoms with Gasteiger partial charge >= 0.3 is 5.43 Å². The van der Waals surface area contributed by atoms with Crippen LogP contribution in [-0.2, 0) is 4.74 Å². The molecule has 0 aliphatic heterocycles. The third kappa shape index (κ3) is 2.79. The second-order valence-corrected chi connectivity index (χ2v) is 6.36. The van der Waals surface area contributed by atoms with E-state index in [1.807, 2.05) is 0 Å². The van der Waals surface area contributed by atoms with E-state index in [1.54, 1.807) is 0 Å². The van der Waals surface area contributed by atoms with Crippen LogP contribution in [0.3, 0.4) is 0 Å². The van der Waals surface area contributed by atoms with Crippen LogP contribution in [0.1, 0.15) is 57.1 Å². The Hall–Kier alpha value is -1.02. The van der Waals surface area contributed by atoms with Gasteiger partial charge in [-0.05, 0) is 23.5 Å². The fourth-order valence-electron chi connectivity index (χ4n) is 2.78. The number of carbonyl (C=O) groups excluding carboxylic acids is 1. The van der Waals surface area contributed by atoms with E-state index in [9.17, 15) is 4.79 Å². The maximum Gasteiger partial charge on any atom is 0.404 e. The van der Waals surface area contributed by atoms with Gasteiger partial charge in [0, 0.05) is 22.9 Å². The summed E-state index contributed by atoms with van der Waals surface area (Å²) in [5.41, 5.74) is 1.84. The van der Waals surface area contributed by atoms with Crippen LogP contribution in [0.25, 0.3) is 0 Å². The Morgan fingerprint density at radius 3 is 2.42 bits per heavy atom. The van der Waals surface area contributed by atoms with E-state index in [0.29, 0.717) is 5.92 Å². The molecule has 3 heteroatoms. The zero-order valence-corrected chi connectivity index (χ0v) is 12.7. The van der Waals surface area contributed by atoms with Gasteiger partial charge in [0.2, 0.25) is 0 Å². The minimum atomic E-state index is -0.711. The smallest absolute Gasteiger partial charge is 0.404 e. The summed E-state index contributed by atoms with van der Waals surface area (Å²) in [4.78, 5) is 10.9. The van der Waals surface area contributed by atoms with Gasteiger partial charge in [0.25, 0.3) is 0 Å². The molecule has 3 unspecified atom stereocenters. The molecule has 0 saturated heterocycles. The summed E-state index contributed by atoms with van der Waals surface area (Å²) in [6.07, 6.45) is 1.03. The molecule has 0 amide bonds. The molecule has 3 atom stereocenters. The lowest BCUT2D eigenvalue weighted by molar-refractivity contribution is 0.150. The zero-order chi connectivity index (χ0) is 14.2. The van der Waals surface area contributed by atoms with Gasteiger partial charge in [-0.25, -0.2) is 4.79 Å². The van der Waals surface area contributed by atoms with Crippen LogP contribution in [0.15, 0.2) is 24.3 Å². The monoisotopic (exact) mass is 280 g/mol. The average Bonchev–Trinajstić information content (AvgIpc) is 2.89. The van der Waals surface area contributed by atoms with Gasteiger partial charge in [-0.1, -0.05) is 52.0 Å². The molecule has 0 aromatic heterocycles. The normalized spacial score (nSPS) is 25.7. The van der Waals surface area contributed by atoms with Gasteiger partial charge in [0.05, 0.1) is 0 Å². The molecule has 2 nitrogen and oxygen atoms in total. The first kappa shape index (κ1) is 14.4. The van der Waals surface area contributed by atoms with Gasteiger partial charge in [-0.15, -0.1) is 0 Å². The largest absolute Gasteiger partial charge is 0.449 e. The molecule has 0 N–H and O–H groups in total. The molecule has 19 heavy (non-hydrogen) atoms. The van der Waals surface area contributed by atoms with Crippen molar-refractivity contribution in [3.05, 3.63) is 35.4 Å². The second kappa shape index (κ2) is 5.16. The van der Waals surface area contributed by atoms with Crippen LogP contribution in [0, 0.1) is 5.41 Å². The summed E-state index contributed by atoms with van der Waals surface area (Å²) in [5, 5.41) is 0. The van der Waals surface area contributed by atoms with Crippen LogP contribution in [-0.4, -0.2) is 11.5 Å². The van der Waals surface area contributed by atoms with Crippen molar-refractivity contribution in [3.63, 3.8) is 0 Å². The maximum atomic E-state index is 10.9. The lowest BCUT2D eigenvalue weighted by Gasteiger charge is -2.10. The van der Waals surface area contributed by atoms with Crippen molar-refractivity contribution < 1.29 is 9.53 Å². The summed E-state index contributed by atoms with van der Waals surface area (Å²) in [6, 6.07) is 8.65. The van der Waals surface area contributed by atoms with Crippen molar-refractivity contribution in [2.75, 3.05) is 0 Å². The van der Waals surface area contributed by atoms with Crippen LogP contribution in [0.4, 0.5) is 4.79 Å². The minimum Gasteiger partial charge on any atom is -0.449 e. The molecular formula is C16H21ClO2. The lowest BCUT2D eigenvalue weighted by Crippen LogP contribution is -2.03. The summed E-state index contributed by atoms with van der Waals surface area (Å²) < 4.78 is 5.17. The Balaban J connectivity index is 2.13. The van der Waals surface area contributed by atoms with Crippen LogP contribution in [0.2, 0.25) is 0 Å². The molecule has 0 heterocycles. The summed E-state index contributed by atoms with van der Waals surface area (Å²) in [6.45, 7) is 8.63. The fraction of sp³-hybridized carbons (Fsp3) is 0.562. The van der Waals surface area contributed by atoms with E-state index in [4.69, 9.17) is 16.3 Å². The summed E-state index contributed by atoms with van der Waals surface area (Å²) in [5.74, 6) is 0.832. The van der Waals surface area contributed by atoms with E-state index in [-0.39, 0.29) is 17.4 Å². The van der Waals surface area contributed by atoms with Gasteiger partial charge < -0.3 is 4.74 Å². The highest BCUT2D eigenvalue weighted by Gasteiger charge is 2.61. The Kier molecular flexibility index (Phi) is 3.91. The predicted octanol–water partition coefficient (Wildman–Crippen LogP) is 5.07. The maximum absolute atomic E-state index is 10.9. The van der Waals surface area contributed by atoms with E-state index in [1.165, 1.54) is 11.1 Å². The van der Waals surface area contributed by atoms with E-state index in [0.717, 1.165) is 6.42 Å². The van der Waals surface area contributed by atoms with Gasteiger partial charge in [0.15, 0.2) is 0 Å². The molecule has 1 saturated carbocycles. The first-order valence-electron chi connectivity index (χ1n) is 6.84. The summed E-state index contributed by atoms with van der Waals surface area (Å²) >= 11 is 5.32. The molecule has 1 fully saturated rings. The number of benzene rings is 1. The van der Waals surface area contributed by atoms with Gasteiger partial charge in [-0.2, -0.15) is 0 Å². The molecule has 0 spiro atoms. The van der Waals surface area contributed by atoms with E-state index in [2.05, 4.69) is 52.0 Å². The fourth-order valence-corrected chi connectivity index (χ4v) is 2.88. The van der Waals surface area contributed by atoms with Crippen molar-refractivity contribution in [1.29, 1.82) is 0 Å². The standard InChI is InChI=1S/C16H21ClO2/c1-5-10(2)11-6-8-12(9-7-11)13-14(16(13,3)4)19-15(17)18/h6-10,13-14H,5H2,1-4H3. The molecule has 1 aromatic rings. The number of halogens is 1. The van der Waals surface area contributed by atoms with Crippen LogP contribution >= 0.6 is 11.6 Å². The molecule has 1 aliphatic rings. The SMILES string of the molecule is CCC(C)c1ccc(C2C(OC(=O)Cl)C2(C)C)cc1. The Morgan fingerprint density at radius 2 is 1.95 bits per heavy atom. The van der Waals surface area contributed by atoms with Crippen molar-refractivity contribution in [3.8, 4) is 0 Å². The van der Waals surface area contributed by atoms with Crippen LogP contribution < -0.4 is 0 Å². The highest BCUT2D eigenvalue weighted by molar-refractivity contribution is 6.61. The van der Waals surface area contributed by atoms with Crippen molar-refractivity contribution in [2.24, 2.45) is 5.41 Å². The first-order chi connectivity index (χ1) is 8.87. The van der Waals surface area contributed by atoms with Gasteiger partial charge in [0.1, 0.15) is 6.10 Å². The van der Waals surface area contributed by atoms with Crippen molar-refractivity contribution >= 4 is 17.0 Å². The highest BCUT2D eigenvalue weighted by Crippen LogP contribution is 2.60. The number of ether oxygens (including phenoxy) is 1. The second-order valence-electron chi connectivity index (χ2n) is 6.05. The van der Waals surface area contributed by atoms with Crippen molar-refractivity contribution in [2.45, 2.75) is 52.1 Å². The molecule has 1 aromatic carbocycles. The number of hydrogen-bond acceptors (Lipinski definition) is 2. The topological polar surface area (TPSA) is 26.3 Å². The molecule has 0 bridgehead atoms. The summed E-state index contributed by atoms with van der Waals surface area (Å²) in [7, 11) is 0. The quantitative estimate of drug-likeness (QED) is 0.720. The molecular weight excluding hydrogens is 260 g/mol.